The molecule has 0 aliphatic carbocycles. The molecule has 0 radical (unpaired) electrons. The summed E-state index contributed by atoms with van der Waals surface area (Å²) >= 11 is 0. The zero-order valence-corrected chi connectivity index (χ0v) is 9.98. The van der Waals surface area contributed by atoms with E-state index in [4.69, 9.17) is 14.9 Å². The monoisotopic (exact) mass is 224 g/mol. The topological polar surface area (TPSA) is 51.6 Å². The molecule has 1 aromatic rings. The lowest BCUT2D eigenvalue weighted by molar-refractivity contribution is -0.0718. The van der Waals surface area contributed by atoms with Crippen molar-refractivity contribution in [1.29, 1.82) is 0 Å². The van der Waals surface area contributed by atoms with Gasteiger partial charge in [0.1, 0.15) is 5.76 Å². The molecule has 0 spiro atoms. The number of furan rings is 1. The standard InChI is InChI=1S/C12H20N2O2/c1-9-5-14(6-10(2)16-9)7-12-3-11(4-13)8-15-12/h3,8-10H,4-7,13H2,1-2H3. The normalized spacial score (nSPS) is 27.2. The largest absolute Gasteiger partial charge is 0.468 e. The summed E-state index contributed by atoms with van der Waals surface area (Å²) in [4.78, 5) is 2.36. The summed E-state index contributed by atoms with van der Waals surface area (Å²) in [6, 6.07) is 2.03. The van der Waals surface area contributed by atoms with E-state index in [1.165, 1.54) is 0 Å². The number of nitrogens with two attached hydrogens (primary N) is 1. The first-order chi connectivity index (χ1) is 7.67. The van der Waals surface area contributed by atoms with Gasteiger partial charge in [0, 0.05) is 25.2 Å². The first kappa shape index (κ1) is 11.6. The summed E-state index contributed by atoms with van der Waals surface area (Å²) in [5.74, 6) is 0.988. The molecule has 1 aliphatic rings. The number of ether oxygens (including phenoxy) is 1. The third kappa shape index (κ3) is 2.84. The fourth-order valence-corrected chi connectivity index (χ4v) is 2.25. The highest BCUT2D eigenvalue weighted by Crippen LogP contribution is 2.15. The Kier molecular flexibility index (Phi) is 3.63. The van der Waals surface area contributed by atoms with Gasteiger partial charge in [-0.05, 0) is 19.9 Å². The molecule has 2 atom stereocenters. The molecule has 2 rings (SSSR count). The van der Waals surface area contributed by atoms with Crippen molar-refractivity contribution in [2.24, 2.45) is 5.73 Å². The van der Waals surface area contributed by atoms with E-state index in [9.17, 15) is 0 Å². The molecule has 1 aromatic heterocycles. The zero-order valence-electron chi connectivity index (χ0n) is 9.98. The van der Waals surface area contributed by atoms with Crippen molar-refractivity contribution in [1.82, 2.24) is 4.90 Å². The summed E-state index contributed by atoms with van der Waals surface area (Å²) in [7, 11) is 0. The lowest BCUT2D eigenvalue weighted by Crippen LogP contribution is -2.44. The second-order valence-electron chi connectivity index (χ2n) is 4.58. The van der Waals surface area contributed by atoms with Gasteiger partial charge in [0.15, 0.2) is 0 Å². The summed E-state index contributed by atoms with van der Waals surface area (Å²) in [6.45, 7) is 7.52. The summed E-state index contributed by atoms with van der Waals surface area (Å²) in [5.41, 5.74) is 6.61. The van der Waals surface area contributed by atoms with Crippen LogP contribution in [-0.4, -0.2) is 30.2 Å². The van der Waals surface area contributed by atoms with E-state index in [0.717, 1.165) is 31.0 Å². The molecule has 0 aromatic carbocycles. The van der Waals surface area contributed by atoms with Gasteiger partial charge in [0.25, 0.3) is 0 Å². The zero-order chi connectivity index (χ0) is 11.5. The van der Waals surface area contributed by atoms with Gasteiger partial charge in [0.2, 0.25) is 0 Å². The highest BCUT2D eigenvalue weighted by atomic mass is 16.5. The second-order valence-corrected chi connectivity index (χ2v) is 4.58. The molecule has 2 N–H and O–H groups in total. The third-order valence-corrected chi connectivity index (χ3v) is 2.82. The first-order valence-corrected chi connectivity index (χ1v) is 5.81. The Morgan fingerprint density at radius 1 is 1.38 bits per heavy atom. The predicted molar refractivity (Wildman–Crippen MR) is 61.9 cm³/mol. The third-order valence-electron chi connectivity index (χ3n) is 2.82. The van der Waals surface area contributed by atoms with E-state index in [-0.39, 0.29) is 0 Å². The van der Waals surface area contributed by atoms with E-state index in [1.807, 2.05) is 6.07 Å². The van der Waals surface area contributed by atoms with Crippen molar-refractivity contribution in [3.8, 4) is 0 Å². The van der Waals surface area contributed by atoms with Crippen LogP contribution in [0.25, 0.3) is 0 Å². The molecule has 2 heterocycles. The van der Waals surface area contributed by atoms with Gasteiger partial charge in [-0.2, -0.15) is 0 Å². The lowest BCUT2D eigenvalue weighted by atomic mass is 10.2. The van der Waals surface area contributed by atoms with Crippen molar-refractivity contribution < 1.29 is 9.15 Å². The minimum atomic E-state index is 0.299. The first-order valence-electron chi connectivity index (χ1n) is 5.81. The van der Waals surface area contributed by atoms with Gasteiger partial charge in [-0.25, -0.2) is 0 Å². The predicted octanol–water partition coefficient (Wildman–Crippen LogP) is 1.35. The van der Waals surface area contributed by atoms with Crippen molar-refractivity contribution >= 4 is 0 Å². The van der Waals surface area contributed by atoms with Crippen LogP contribution < -0.4 is 5.73 Å². The molecule has 90 valence electrons. The van der Waals surface area contributed by atoms with Crippen LogP contribution >= 0.6 is 0 Å². The number of morpholine rings is 1. The van der Waals surface area contributed by atoms with Crippen molar-refractivity contribution in [2.45, 2.75) is 39.1 Å². The number of rotatable bonds is 3. The van der Waals surface area contributed by atoms with E-state index < -0.39 is 0 Å². The Hall–Kier alpha value is -0.840. The maximum atomic E-state index is 5.69. The van der Waals surface area contributed by atoms with Crippen LogP contribution in [0.5, 0.6) is 0 Å². The lowest BCUT2D eigenvalue weighted by Gasteiger charge is -2.34. The molecule has 4 nitrogen and oxygen atoms in total. The molecule has 4 heteroatoms. The molecule has 0 saturated carbocycles. The Morgan fingerprint density at radius 3 is 2.62 bits per heavy atom. The van der Waals surface area contributed by atoms with Gasteiger partial charge in [-0.15, -0.1) is 0 Å². The molecule has 1 aliphatic heterocycles. The van der Waals surface area contributed by atoms with E-state index in [0.29, 0.717) is 18.8 Å². The van der Waals surface area contributed by atoms with Crippen LogP contribution in [0.3, 0.4) is 0 Å². The maximum absolute atomic E-state index is 5.69. The Balaban J connectivity index is 1.93. The van der Waals surface area contributed by atoms with E-state index in [1.54, 1.807) is 6.26 Å². The average Bonchev–Trinajstić information content (AvgIpc) is 2.64. The van der Waals surface area contributed by atoms with Gasteiger partial charge < -0.3 is 14.9 Å². The van der Waals surface area contributed by atoms with Crippen molar-refractivity contribution in [3.63, 3.8) is 0 Å². The van der Waals surface area contributed by atoms with Crippen LogP contribution in [0.1, 0.15) is 25.2 Å². The van der Waals surface area contributed by atoms with E-state index in [2.05, 4.69) is 18.7 Å². The molecule has 2 unspecified atom stereocenters. The quantitative estimate of drug-likeness (QED) is 0.842. The number of hydrogen-bond donors (Lipinski definition) is 1. The van der Waals surface area contributed by atoms with Gasteiger partial charge in [-0.3, -0.25) is 4.90 Å². The fraction of sp³-hybridized carbons (Fsp3) is 0.667. The van der Waals surface area contributed by atoms with Crippen LogP contribution in [0, 0.1) is 0 Å². The van der Waals surface area contributed by atoms with E-state index >= 15 is 0 Å². The molecule has 0 bridgehead atoms. The van der Waals surface area contributed by atoms with Crippen LogP contribution in [-0.2, 0) is 17.8 Å². The Morgan fingerprint density at radius 2 is 2.06 bits per heavy atom. The van der Waals surface area contributed by atoms with Gasteiger partial charge in [0.05, 0.1) is 25.0 Å². The summed E-state index contributed by atoms with van der Waals surface area (Å²) in [5, 5.41) is 0. The molecule has 16 heavy (non-hydrogen) atoms. The number of hydrogen-bond acceptors (Lipinski definition) is 4. The molecule has 1 saturated heterocycles. The van der Waals surface area contributed by atoms with Gasteiger partial charge in [-0.1, -0.05) is 0 Å². The van der Waals surface area contributed by atoms with Crippen LogP contribution in [0.4, 0.5) is 0 Å². The van der Waals surface area contributed by atoms with Crippen molar-refractivity contribution in [2.75, 3.05) is 13.1 Å². The maximum Gasteiger partial charge on any atom is 0.118 e. The van der Waals surface area contributed by atoms with Crippen LogP contribution in [0.15, 0.2) is 16.7 Å². The Labute approximate surface area is 96.4 Å². The van der Waals surface area contributed by atoms with Gasteiger partial charge >= 0.3 is 0 Å². The minimum Gasteiger partial charge on any atom is -0.468 e. The highest BCUT2D eigenvalue weighted by Gasteiger charge is 2.22. The molecular formula is C12H20N2O2. The summed E-state index contributed by atoms with van der Waals surface area (Å²) < 4.78 is 11.2. The fourth-order valence-electron chi connectivity index (χ4n) is 2.25. The molecule has 1 fully saturated rings. The highest BCUT2D eigenvalue weighted by molar-refractivity contribution is 5.12. The minimum absolute atomic E-state index is 0.299. The second kappa shape index (κ2) is 4.99. The SMILES string of the molecule is CC1CN(Cc2cc(CN)co2)CC(C)O1. The number of nitrogens with zero attached hydrogens (tertiary/aromatic N) is 1. The molecular weight excluding hydrogens is 204 g/mol. The average molecular weight is 224 g/mol. The Bertz CT molecular complexity index is 328. The van der Waals surface area contributed by atoms with Crippen LogP contribution in [0.2, 0.25) is 0 Å². The molecule has 0 amide bonds. The van der Waals surface area contributed by atoms with Crippen molar-refractivity contribution in [3.05, 3.63) is 23.7 Å². The smallest absolute Gasteiger partial charge is 0.118 e. The summed E-state index contributed by atoms with van der Waals surface area (Å²) in [6.07, 6.45) is 2.34.